The van der Waals surface area contributed by atoms with Crippen molar-refractivity contribution in [2.45, 2.75) is 0 Å². The first-order chi connectivity index (χ1) is 8.58. The molecule has 0 aliphatic heterocycles. The molecule has 2 heterocycles. The van der Waals surface area contributed by atoms with E-state index < -0.39 is 0 Å². The monoisotopic (exact) mass is 326 g/mol. The van der Waals surface area contributed by atoms with Crippen LogP contribution < -0.4 is 10.5 Å². The average molecular weight is 328 g/mol. The van der Waals surface area contributed by atoms with E-state index in [9.17, 15) is 0 Å². The second-order valence-corrected chi connectivity index (χ2v) is 4.63. The number of nitrogens with one attached hydrogen (secondary N) is 1. The summed E-state index contributed by atoms with van der Waals surface area (Å²) < 4.78 is 6.27. The van der Waals surface area contributed by atoms with Gasteiger partial charge in [-0.25, -0.2) is 4.98 Å². The molecule has 92 valence electrons. The maximum absolute atomic E-state index is 7.38. The summed E-state index contributed by atoms with van der Waals surface area (Å²) in [6.07, 6.45) is 4.64. The zero-order valence-corrected chi connectivity index (χ0v) is 11.4. The maximum atomic E-state index is 7.38. The summed E-state index contributed by atoms with van der Waals surface area (Å²) in [6.45, 7) is 0. The van der Waals surface area contributed by atoms with Crippen LogP contribution in [0.4, 0.5) is 0 Å². The summed E-state index contributed by atoms with van der Waals surface area (Å²) in [5.41, 5.74) is 5.78. The predicted octanol–water partition coefficient (Wildman–Crippen LogP) is 2.97. The Kier molecular flexibility index (Phi) is 3.78. The van der Waals surface area contributed by atoms with Crippen molar-refractivity contribution >= 4 is 33.4 Å². The van der Waals surface area contributed by atoms with Gasteiger partial charge in [0.05, 0.1) is 6.20 Å². The van der Waals surface area contributed by atoms with Crippen LogP contribution in [0.5, 0.6) is 11.6 Å². The number of nitrogen functional groups attached to an aromatic ring is 1. The molecule has 0 aliphatic rings. The highest BCUT2D eigenvalue weighted by Gasteiger charge is 2.11. The third kappa shape index (κ3) is 2.77. The standard InChI is InChI=1S/C11H8BrClN4O/c12-6-3-7(5-16-4-6)18-11-9(13)8(10(14)15)1-2-17-11/h1-5H,(H3,14,15). The summed E-state index contributed by atoms with van der Waals surface area (Å²) in [4.78, 5) is 7.95. The van der Waals surface area contributed by atoms with E-state index >= 15 is 0 Å². The van der Waals surface area contributed by atoms with E-state index in [1.807, 2.05) is 0 Å². The van der Waals surface area contributed by atoms with E-state index in [2.05, 4.69) is 25.9 Å². The summed E-state index contributed by atoms with van der Waals surface area (Å²) >= 11 is 9.33. The van der Waals surface area contributed by atoms with Crippen molar-refractivity contribution in [3.05, 3.63) is 45.8 Å². The summed E-state index contributed by atoms with van der Waals surface area (Å²) in [5.74, 6) is 0.531. The van der Waals surface area contributed by atoms with Crippen LogP contribution in [0.15, 0.2) is 35.2 Å². The zero-order valence-electron chi connectivity index (χ0n) is 9.02. The van der Waals surface area contributed by atoms with Gasteiger partial charge in [0, 0.05) is 22.4 Å². The van der Waals surface area contributed by atoms with Gasteiger partial charge in [-0.15, -0.1) is 0 Å². The SMILES string of the molecule is N=C(N)c1ccnc(Oc2cncc(Br)c2)c1Cl. The van der Waals surface area contributed by atoms with Gasteiger partial charge in [0.15, 0.2) is 0 Å². The van der Waals surface area contributed by atoms with Crippen LogP contribution >= 0.6 is 27.5 Å². The fraction of sp³-hybridized carbons (Fsp3) is 0. The first-order valence-electron chi connectivity index (χ1n) is 4.85. The molecule has 0 fully saturated rings. The highest BCUT2D eigenvalue weighted by molar-refractivity contribution is 9.10. The van der Waals surface area contributed by atoms with Gasteiger partial charge in [0.1, 0.15) is 16.6 Å². The molecule has 2 aromatic heterocycles. The fourth-order valence-electron chi connectivity index (χ4n) is 1.26. The second-order valence-electron chi connectivity index (χ2n) is 3.33. The molecular weight excluding hydrogens is 320 g/mol. The zero-order chi connectivity index (χ0) is 13.1. The van der Waals surface area contributed by atoms with Crippen LogP contribution in [0.2, 0.25) is 5.02 Å². The van der Waals surface area contributed by atoms with Gasteiger partial charge in [-0.2, -0.15) is 0 Å². The van der Waals surface area contributed by atoms with Gasteiger partial charge in [0.25, 0.3) is 0 Å². The number of ether oxygens (including phenoxy) is 1. The minimum atomic E-state index is -0.139. The Hall–Kier alpha value is -1.66. The van der Waals surface area contributed by atoms with Crippen molar-refractivity contribution in [2.24, 2.45) is 5.73 Å². The molecule has 0 saturated carbocycles. The first kappa shape index (κ1) is 12.8. The molecule has 0 bridgehead atoms. The molecule has 0 unspecified atom stereocenters. The quantitative estimate of drug-likeness (QED) is 0.670. The molecule has 2 rings (SSSR count). The Morgan fingerprint density at radius 1 is 1.44 bits per heavy atom. The lowest BCUT2D eigenvalue weighted by atomic mass is 10.2. The lowest BCUT2D eigenvalue weighted by molar-refractivity contribution is 0.460. The van der Waals surface area contributed by atoms with Crippen molar-refractivity contribution in [1.29, 1.82) is 5.41 Å². The van der Waals surface area contributed by atoms with Crippen LogP contribution in [0, 0.1) is 5.41 Å². The minimum absolute atomic E-state index is 0.139. The van der Waals surface area contributed by atoms with Crippen LogP contribution in [-0.2, 0) is 0 Å². The molecule has 2 aromatic rings. The van der Waals surface area contributed by atoms with Gasteiger partial charge in [-0.3, -0.25) is 10.4 Å². The van der Waals surface area contributed by atoms with Gasteiger partial charge in [-0.1, -0.05) is 11.6 Å². The molecule has 7 heteroatoms. The van der Waals surface area contributed by atoms with Gasteiger partial charge < -0.3 is 10.5 Å². The molecule has 0 aliphatic carbocycles. The van der Waals surface area contributed by atoms with Gasteiger partial charge in [-0.05, 0) is 28.1 Å². The Morgan fingerprint density at radius 3 is 2.89 bits per heavy atom. The van der Waals surface area contributed by atoms with Crippen molar-refractivity contribution in [1.82, 2.24) is 9.97 Å². The highest BCUT2D eigenvalue weighted by atomic mass is 79.9. The molecule has 0 spiro atoms. The summed E-state index contributed by atoms with van der Waals surface area (Å²) in [7, 11) is 0. The van der Waals surface area contributed by atoms with E-state index in [0.717, 1.165) is 4.47 Å². The molecule has 0 radical (unpaired) electrons. The number of amidine groups is 1. The number of rotatable bonds is 3. The average Bonchev–Trinajstić information content (AvgIpc) is 2.31. The molecule has 5 nitrogen and oxygen atoms in total. The number of nitrogens with two attached hydrogens (primary N) is 1. The molecular formula is C11H8BrClN4O. The first-order valence-corrected chi connectivity index (χ1v) is 6.02. The van der Waals surface area contributed by atoms with Crippen LogP contribution in [0.1, 0.15) is 5.56 Å². The number of halogens is 2. The van der Waals surface area contributed by atoms with E-state index in [4.69, 9.17) is 27.5 Å². The molecule has 3 N–H and O–H groups in total. The Bertz CT molecular complexity index is 605. The third-order valence-electron chi connectivity index (χ3n) is 2.04. The number of hydrogen-bond acceptors (Lipinski definition) is 4. The normalized spacial score (nSPS) is 10.1. The van der Waals surface area contributed by atoms with E-state index in [1.165, 1.54) is 12.4 Å². The molecule has 0 amide bonds. The highest BCUT2D eigenvalue weighted by Crippen LogP contribution is 2.30. The predicted molar refractivity (Wildman–Crippen MR) is 72.3 cm³/mol. The maximum Gasteiger partial charge on any atom is 0.238 e. The minimum Gasteiger partial charge on any atom is -0.436 e. The van der Waals surface area contributed by atoms with Crippen LogP contribution in [0.25, 0.3) is 0 Å². The van der Waals surface area contributed by atoms with Crippen LogP contribution in [-0.4, -0.2) is 15.8 Å². The van der Waals surface area contributed by atoms with Crippen molar-refractivity contribution in [3.8, 4) is 11.6 Å². The topological polar surface area (TPSA) is 84.9 Å². The third-order valence-corrected chi connectivity index (χ3v) is 2.84. The summed E-state index contributed by atoms with van der Waals surface area (Å²) in [6, 6.07) is 3.28. The van der Waals surface area contributed by atoms with Gasteiger partial charge >= 0.3 is 0 Å². The Balaban J connectivity index is 2.35. The van der Waals surface area contributed by atoms with Gasteiger partial charge in [0.2, 0.25) is 5.88 Å². The van der Waals surface area contributed by atoms with Crippen molar-refractivity contribution in [2.75, 3.05) is 0 Å². The van der Waals surface area contributed by atoms with Crippen molar-refractivity contribution in [3.63, 3.8) is 0 Å². The lowest BCUT2D eigenvalue weighted by Gasteiger charge is -2.08. The Morgan fingerprint density at radius 2 is 2.22 bits per heavy atom. The number of nitrogens with zero attached hydrogens (tertiary/aromatic N) is 2. The van der Waals surface area contributed by atoms with E-state index in [1.54, 1.807) is 18.3 Å². The Labute approximate surface area is 117 Å². The fourth-order valence-corrected chi connectivity index (χ4v) is 1.86. The van der Waals surface area contributed by atoms with E-state index in [-0.39, 0.29) is 16.7 Å². The number of pyridine rings is 2. The smallest absolute Gasteiger partial charge is 0.238 e. The number of aromatic nitrogens is 2. The van der Waals surface area contributed by atoms with Crippen LogP contribution in [0.3, 0.4) is 0 Å². The lowest BCUT2D eigenvalue weighted by Crippen LogP contribution is -2.12. The molecule has 18 heavy (non-hydrogen) atoms. The van der Waals surface area contributed by atoms with Crippen molar-refractivity contribution < 1.29 is 4.74 Å². The molecule has 0 aromatic carbocycles. The summed E-state index contributed by atoms with van der Waals surface area (Å²) in [5, 5.41) is 7.58. The molecule has 0 saturated heterocycles. The number of hydrogen-bond donors (Lipinski definition) is 2. The second kappa shape index (κ2) is 5.32. The molecule has 0 atom stereocenters. The van der Waals surface area contributed by atoms with E-state index in [0.29, 0.717) is 11.3 Å². The largest absolute Gasteiger partial charge is 0.436 e.